The van der Waals surface area contributed by atoms with Crippen molar-refractivity contribution in [3.63, 3.8) is 0 Å². The van der Waals surface area contributed by atoms with Gasteiger partial charge in [-0.3, -0.25) is 4.90 Å². The minimum atomic E-state index is -4.50. The van der Waals surface area contributed by atoms with Crippen molar-refractivity contribution in [2.75, 3.05) is 27.3 Å². The van der Waals surface area contributed by atoms with Crippen LogP contribution >= 0.6 is 0 Å². The Hall–Kier alpha value is -2.81. The van der Waals surface area contributed by atoms with Crippen LogP contribution in [0.4, 0.5) is 13.2 Å². The largest absolute Gasteiger partial charge is 0.497 e. The fraction of sp³-hybridized carbons (Fsp3) is 0.455. The van der Waals surface area contributed by atoms with E-state index in [1.165, 1.54) is 6.92 Å². The second-order valence-electron chi connectivity index (χ2n) is 7.81. The number of fused-ring (bicyclic) bond motifs is 1. The topological polar surface area (TPSA) is 60.6 Å². The molecule has 9 heteroatoms. The third-order valence-corrected chi connectivity index (χ3v) is 5.69. The summed E-state index contributed by atoms with van der Waals surface area (Å²) in [6.07, 6.45) is -2.92. The molecule has 0 aliphatic carbocycles. The summed E-state index contributed by atoms with van der Waals surface area (Å²) in [6.45, 7) is 3.54. The van der Waals surface area contributed by atoms with Crippen molar-refractivity contribution in [1.82, 2.24) is 15.0 Å². The van der Waals surface area contributed by atoms with Gasteiger partial charge < -0.3 is 14.0 Å². The predicted octanol–water partition coefficient (Wildman–Crippen LogP) is 4.95. The highest BCUT2D eigenvalue weighted by Crippen LogP contribution is 2.40. The zero-order valence-electron chi connectivity index (χ0n) is 17.6. The Balaban J connectivity index is 1.62. The molecule has 3 aromatic rings. The number of hydrogen-bond acceptors (Lipinski definition) is 6. The van der Waals surface area contributed by atoms with Crippen molar-refractivity contribution in [1.29, 1.82) is 0 Å². The van der Waals surface area contributed by atoms with E-state index in [0.29, 0.717) is 30.3 Å². The van der Waals surface area contributed by atoms with E-state index in [2.05, 4.69) is 15.0 Å². The van der Waals surface area contributed by atoms with Crippen LogP contribution in [0.5, 0.6) is 11.5 Å². The average Bonchev–Trinajstić information content (AvgIpc) is 3.16. The number of alkyl halides is 3. The third kappa shape index (κ3) is 4.32. The van der Waals surface area contributed by atoms with Crippen molar-refractivity contribution in [3.8, 4) is 11.5 Å². The molecule has 0 saturated carbocycles. The van der Waals surface area contributed by atoms with E-state index in [1.807, 2.05) is 18.2 Å². The molecule has 0 radical (unpaired) electrons. The van der Waals surface area contributed by atoms with Gasteiger partial charge in [-0.15, -0.1) is 0 Å². The van der Waals surface area contributed by atoms with Crippen molar-refractivity contribution < 1.29 is 27.2 Å². The summed E-state index contributed by atoms with van der Waals surface area (Å²) in [4.78, 5) is 6.32. The standard InChI is InChI=1S/C22H24F3N3O3/c1-13-9-17(22(23,24)25)19-20(27-31-21(19)26-13)15-5-4-8-28(12-15)11-14-6-7-16(29-2)10-18(14)30-3/h6-7,9-10,15H,4-5,8,11-12H2,1-3H3/t15-/m1/s1. The van der Waals surface area contributed by atoms with Gasteiger partial charge in [0, 0.05) is 36.3 Å². The molecule has 1 fully saturated rings. The van der Waals surface area contributed by atoms with Gasteiger partial charge in [-0.2, -0.15) is 13.2 Å². The third-order valence-electron chi connectivity index (χ3n) is 5.69. The number of pyridine rings is 1. The number of ether oxygens (including phenoxy) is 2. The first-order valence-corrected chi connectivity index (χ1v) is 10.1. The highest BCUT2D eigenvalue weighted by Gasteiger charge is 2.37. The minimum absolute atomic E-state index is 0.0213. The van der Waals surface area contributed by atoms with Crippen molar-refractivity contribution in [3.05, 3.63) is 46.8 Å². The summed E-state index contributed by atoms with van der Waals surface area (Å²) in [5.74, 6) is 1.24. The first-order chi connectivity index (χ1) is 14.8. The lowest BCUT2D eigenvalue weighted by atomic mass is 9.91. The lowest BCUT2D eigenvalue weighted by Gasteiger charge is -2.32. The fourth-order valence-corrected chi connectivity index (χ4v) is 4.24. The van der Waals surface area contributed by atoms with Crippen molar-refractivity contribution >= 4 is 11.1 Å². The Morgan fingerprint density at radius 3 is 2.71 bits per heavy atom. The number of halogens is 3. The van der Waals surface area contributed by atoms with Crippen LogP contribution in [-0.4, -0.2) is 42.3 Å². The maximum Gasteiger partial charge on any atom is 0.417 e. The molecule has 1 saturated heterocycles. The molecule has 0 spiro atoms. The molecule has 0 N–H and O–H groups in total. The molecular formula is C22H24F3N3O3. The molecule has 0 unspecified atom stereocenters. The molecule has 1 atom stereocenters. The molecule has 4 rings (SSSR count). The highest BCUT2D eigenvalue weighted by atomic mass is 19.4. The lowest BCUT2D eigenvalue weighted by molar-refractivity contribution is -0.136. The van der Waals surface area contributed by atoms with Crippen LogP contribution in [-0.2, 0) is 12.7 Å². The van der Waals surface area contributed by atoms with E-state index in [0.717, 1.165) is 31.0 Å². The fourth-order valence-electron chi connectivity index (χ4n) is 4.24. The lowest BCUT2D eigenvalue weighted by Crippen LogP contribution is -2.34. The number of aryl methyl sites for hydroxylation is 1. The van der Waals surface area contributed by atoms with Crippen molar-refractivity contribution in [2.45, 2.75) is 38.4 Å². The van der Waals surface area contributed by atoms with Crippen LogP contribution in [0.1, 0.15) is 41.3 Å². The van der Waals surface area contributed by atoms with Gasteiger partial charge in [0.05, 0.1) is 30.9 Å². The van der Waals surface area contributed by atoms with Gasteiger partial charge in [-0.05, 0) is 38.4 Å². The maximum atomic E-state index is 13.7. The number of hydrogen-bond donors (Lipinski definition) is 0. The van der Waals surface area contributed by atoms with E-state index >= 15 is 0 Å². The quantitative estimate of drug-likeness (QED) is 0.565. The molecule has 3 heterocycles. The van der Waals surface area contributed by atoms with Crippen LogP contribution in [0.15, 0.2) is 28.8 Å². The monoisotopic (exact) mass is 435 g/mol. The van der Waals surface area contributed by atoms with Crippen LogP contribution < -0.4 is 9.47 Å². The Kier molecular flexibility index (Phi) is 5.79. The number of nitrogens with zero attached hydrogens (tertiary/aromatic N) is 3. The van der Waals surface area contributed by atoms with E-state index in [1.54, 1.807) is 14.2 Å². The number of aromatic nitrogens is 2. The van der Waals surface area contributed by atoms with Crippen molar-refractivity contribution in [2.24, 2.45) is 0 Å². The molecule has 0 amide bonds. The number of benzene rings is 1. The second kappa shape index (κ2) is 8.37. The van der Waals surface area contributed by atoms with Crippen LogP contribution in [0.25, 0.3) is 11.1 Å². The van der Waals surface area contributed by atoms with Crippen LogP contribution in [0.2, 0.25) is 0 Å². The molecule has 1 aromatic carbocycles. The maximum absolute atomic E-state index is 13.7. The molecule has 166 valence electrons. The van der Waals surface area contributed by atoms with Gasteiger partial charge in [0.2, 0.25) is 0 Å². The summed E-state index contributed by atoms with van der Waals surface area (Å²) in [5.41, 5.74) is 0.777. The zero-order chi connectivity index (χ0) is 22.2. The zero-order valence-corrected chi connectivity index (χ0v) is 17.6. The van der Waals surface area contributed by atoms with Gasteiger partial charge in [0.1, 0.15) is 11.5 Å². The van der Waals surface area contributed by atoms with Gasteiger partial charge in [-0.25, -0.2) is 4.98 Å². The Labute approximate surface area is 177 Å². The van der Waals surface area contributed by atoms with E-state index in [4.69, 9.17) is 14.0 Å². The number of piperidine rings is 1. The van der Waals surface area contributed by atoms with Crippen LogP contribution in [0.3, 0.4) is 0 Å². The molecule has 31 heavy (non-hydrogen) atoms. The first kappa shape index (κ1) is 21.4. The average molecular weight is 435 g/mol. The Morgan fingerprint density at radius 2 is 2.00 bits per heavy atom. The van der Waals surface area contributed by atoms with E-state index < -0.39 is 11.7 Å². The second-order valence-corrected chi connectivity index (χ2v) is 7.81. The summed E-state index contributed by atoms with van der Waals surface area (Å²) >= 11 is 0. The minimum Gasteiger partial charge on any atom is -0.497 e. The first-order valence-electron chi connectivity index (χ1n) is 10.1. The van der Waals surface area contributed by atoms with Gasteiger partial charge in [0.25, 0.3) is 5.71 Å². The highest BCUT2D eigenvalue weighted by molar-refractivity contribution is 5.81. The molecule has 0 bridgehead atoms. The van der Waals surface area contributed by atoms with Gasteiger partial charge >= 0.3 is 6.18 Å². The summed E-state index contributed by atoms with van der Waals surface area (Å²) in [7, 11) is 3.20. The summed E-state index contributed by atoms with van der Waals surface area (Å²) in [6, 6.07) is 6.70. The number of rotatable bonds is 5. The van der Waals surface area contributed by atoms with Crippen LogP contribution in [0, 0.1) is 6.92 Å². The molecule has 1 aliphatic heterocycles. The normalized spacial score (nSPS) is 17.8. The smallest absolute Gasteiger partial charge is 0.417 e. The van der Waals surface area contributed by atoms with Gasteiger partial charge in [-0.1, -0.05) is 11.2 Å². The summed E-state index contributed by atoms with van der Waals surface area (Å²) in [5, 5.41) is 4.01. The summed E-state index contributed by atoms with van der Waals surface area (Å²) < 4.78 is 57.1. The molecule has 1 aliphatic rings. The predicted molar refractivity (Wildman–Crippen MR) is 108 cm³/mol. The van der Waals surface area contributed by atoms with E-state index in [-0.39, 0.29) is 22.7 Å². The number of methoxy groups -OCH3 is 2. The molecule has 6 nitrogen and oxygen atoms in total. The molecule has 2 aromatic heterocycles. The van der Waals surface area contributed by atoms with E-state index in [9.17, 15) is 13.2 Å². The number of likely N-dealkylation sites (tertiary alicyclic amines) is 1. The SMILES string of the molecule is COc1ccc(CN2CCC[C@@H](c3noc4nc(C)cc(C(F)(F)F)c34)C2)c(OC)c1. The Bertz CT molecular complexity index is 1080. The Morgan fingerprint density at radius 1 is 1.19 bits per heavy atom. The van der Waals surface area contributed by atoms with Gasteiger partial charge in [0.15, 0.2) is 0 Å². The molecular weight excluding hydrogens is 411 g/mol.